The molecule has 1 aromatic heterocycles. The number of nitrogens with zero attached hydrogens (tertiary/aromatic N) is 2. The zero-order valence-electron chi connectivity index (χ0n) is 14.9. The van der Waals surface area contributed by atoms with Gasteiger partial charge in [0.05, 0.1) is 19.3 Å². The molecule has 0 bridgehead atoms. The Morgan fingerprint density at radius 3 is 2.92 bits per heavy atom. The first-order valence-electron chi connectivity index (χ1n) is 9.29. The summed E-state index contributed by atoms with van der Waals surface area (Å²) in [5.74, 6) is -0.183. The molecule has 2 aliphatic heterocycles. The van der Waals surface area contributed by atoms with Crippen molar-refractivity contribution in [2.24, 2.45) is 5.41 Å². The molecule has 26 heavy (non-hydrogen) atoms. The quantitative estimate of drug-likeness (QED) is 0.794. The first kappa shape index (κ1) is 17.6. The Balaban J connectivity index is 1.38. The van der Waals surface area contributed by atoms with Gasteiger partial charge in [-0.05, 0) is 42.2 Å². The third-order valence-corrected chi connectivity index (χ3v) is 5.55. The average Bonchev–Trinajstić information content (AvgIpc) is 3.08. The molecule has 138 valence electrons. The van der Waals surface area contributed by atoms with Gasteiger partial charge in [0.15, 0.2) is 0 Å². The number of aromatic nitrogens is 1. The number of ether oxygens (including phenoxy) is 2. The van der Waals surface area contributed by atoms with E-state index in [0.717, 1.165) is 50.2 Å². The maximum atomic E-state index is 13.1. The first-order valence-corrected chi connectivity index (χ1v) is 9.29. The van der Waals surface area contributed by atoms with Crippen molar-refractivity contribution in [3.8, 4) is 0 Å². The highest BCUT2D eigenvalue weighted by molar-refractivity contribution is 5.16. The van der Waals surface area contributed by atoms with Crippen LogP contribution < -0.4 is 0 Å². The van der Waals surface area contributed by atoms with E-state index < -0.39 is 0 Å². The van der Waals surface area contributed by atoms with Gasteiger partial charge in [-0.15, -0.1) is 0 Å². The van der Waals surface area contributed by atoms with Gasteiger partial charge in [-0.25, -0.2) is 4.39 Å². The molecule has 0 aliphatic carbocycles. The topological polar surface area (TPSA) is 34.6 Å². The van der Waals surface area contributed by atoms with E-state index in [2.05, 4.69) is 9.88 Å². The third-order valence-electron chi connectivity index (χ3n) is 5.55. The predicted octanol–water partition coefficient (Wildman–Crippen LogP) is 3.42. The fourth-order valence-corrected chi connectivity index (χ4v) is 4.19. The molecule has 0 saturated carbocycles. The molecule has 0 amide bonds. The molecule has 0 spiro atoms. The standard InChI is InChI=1S/C21H25FN2O2/c22-19-5-3-17(4-6-19)13-24-10-7-20-21(15-24,8-11-26-20)16-25-14-18-2-1-9-23-12-18/h1-6,9,12,20H,7-8,10-11,13-16H2/t20-,21+/m0/s1. The van der Waals surface area contributed by atoms with Gasteiger partial charge >= 0.3 is 0 Å². The molecule has 2 atom stereocenters. The minimum Gasteiger partial charge on any atom is -0.377 e. The molecule has 5 heteroatoms. The summed E-state index contributed by atoms with van der Waals surface area (Å²) in [6.07, 6.45) is 5.96. The van der Waals surface area contributed by atoms with Gasteiger partial charge in [-0.1, -0.05) is 18.2 Å². The van der Waals surface area contributed by atoms with Crippen molar-refractivity contribution in [3.05, 3.63) is 65.7 Å². The monoisotopic (exact) mass is 356 g/mol. The van der Waals surface area contributed by atoms with Crippen molar-refractivity contribution < 1.29 is 13.9 Å². The molecule has 0 radical (unpaired) electrons. The summed E-state index contributed by atoms with van der Waals surface area (Å²) >= 11 is 0. The van der Waals surface area contributed by atoms with Crippen LogP contribution in [0, 0.1) is 11.2 Å². The molecular formula is C21H25FN2O2. The van der Waals surface area contributed by atoms with Crippen LogP contribution in [0.5, 0.6) is 0 Å². The summed E-state index contributed by atoms with van der Waals surface area (Å²) < 4.78 is 25.2. The number of fused-ring (bicyclic) bond motifs is 1. The van der Waals surface area contributed by atoms with Gasteiger partial charge < -0.3 is 9.47 Å². The number of hydrogen-bond donors (Lipinski definition) is 0. The van der Waals surface area contributed by atoms with Gasteiger partial charge in [-0.2, -0.15) is 0 Å². The van der Waals surface area contributed by atoms with Gasteiger partial charge in [0.1, 0.15) is 5.82 Å². The van der Waals surface area contributed by atoms with Gasteiger partial charge in [0.25, 0.3) is 0 Å². The van der Waals surface area contributed by atoms with E-state index in [1.165, 1.54) is 12.1 Å². The highest BCUT2D eigenvalue weighted by atomic mass is 19.1. The van der Waals surface area contributed by atoms with E-state index in [-0.39, 0.29) is 17.3 Å². The number of benzene rings is 1. The molecular weight excluding hydrogens is 331 g/mol. The van der Waals surface area contributed by atoms with Crippen LogP contribution in [-0.4, -0.2) is 42.3 Å². The minimum atomic E-state index is -0.183. The predicted molar refractivity (Wildman–Crippen MR) is 97.0 cm³/mol. The van der Waals surface area contributed by atoms with Crippen LogP contribution in [0.4, 0.5) is 4.39 Å². The lowest BCUT2D eigenvalue weighted by Crippen LogP contribution is -2.51. The minimum absolute atomic E-state index is 0.0560. The highest BCUT2D eigenvalue weighted by Gasteiger charge is 2.47. The Labute approximate surface area is 153 Å². The Hall–Kier alpha value is -1.82. The molecule has 2 aliphatic rings. The molecule has 0 N–H and O–H groups in total. The largest absolute Gasteiger partial charge is 0.377 e. The number of hydrogen-bond acceptors (Lipinski definition) is 4. The van der Waals surface area contributed by atoms with Crippen molar-refractivity contribution in [1.82, 2.24) is 9.88 Å². The maximum absolute atomic E-state index is 13.1. The molecule has 2 aromatic rings. The number of likely N-dealkylation sites (tertiary alicyclic amines) is 1. The summed E-state index contributed by atoms with van der Waals surface area (Å²) in [5, 5.41) is 0. The van der Waals surface area contributed by atoms with Crippen molar-refractivity contribution in [3.63, 3.8) is 0 Å². The lowest BCUT2D eigenvalue weighted by molar-refractivity contribution is -0.0685. The second-order valence-corrected chi connectivity index (χ2v) is 7.45. The summed E-state index contributed by atoms with van der Waals surface area (Å²) in [6, 6.07) is 10.8. The second kappa shape index (κ2) is 7.82. The smallest absolute Gasteiger partial charge is 0.123 e. The van der Waals surface area contributed by atoms with Crippen molar-refractivity contribution in [1.29, 1.82) is 0 Å². The Bertz CT molecular complexity index is 710. The molecule has 4 rings (SSSR count). The normalized spacial score (nSPS) is 26.0. The Kier molecular flexibility index (Phi) is 5.29. The number of rotatable bonds is 6. The van der Waals surface area contributed by atoms with Crippen LogP contribution in [-0.2, 0) is 22.6 Å². The summed E-state index contributed by atoms with van der Waals surface area (Å²) in [5.41, 5.74) is 2.30. The average molecular weight is 356 g/mol. The van der Waals surface area contributed by atoms with Crippen LogP contribution in [0.25, 0.3) is 0 Å². The molecule has 4 nitrogen and oxygen atoms in total. The fraction of sp³-hybridized carbons (Fsp3) is 0.476. The van der Waals surface area contributed by atoms with Crippen LogP contribution in [0.3, 0.4) is 0 Å². The van der Waals surface area contributed by atoms with E-state index in [0.29, 0.717) is 13.2 Å². The van der Waals surface area contributed by atoms with E-state index in [1.54, 1.807) is 6.20 Å². The maximum Gasteiger partial charge on any atom is 0.123 e. The van der Waals surface area contributed by atoms with Crippen LogP contribution in [0.2, 0.25) is 0 Å². The Morgan fingerprint density at radius 1 is 1.23 bits per heavy atom. The SMILES string of the molecule is Fc1ccc(CN2CC[C@@H]3OCC[C@]3(COCc3cccnc3)C2)cc1. The zero-order chi connectivity index (χ0) is 17.8. The molecule has 1 aromatic carbocycles. The molecule has 2 fully saturated rings. The molecule has 0 unspecified atom stereocenters. The summed E-state index contributed by atoms with van der Waals surface area (Å²) in [6.45, 7) is 4.91. The second-order valence-electron chi connectivity index (χ2n) is 7.45. The number of piperidine rings is 1. The van der Waals surface area contributed by atoms with Crippen LogP contribution in [0.1, 0.15) is 24.0 Å². The number of pyridine rings is 1. The fourth-order valence-electron chi connectivity index (χ4n) is 4.19. The van der Waals surface area contributed by atoms with Gasteiger partial charge in [0, 0.05) is 44.0 Å². The van der Waals surface area contributed by atoms with Crippen LogP contribution in [0.15, 0.2) is 48.8 Å². The van der Waals surface area contributed by atoms with E-state index in [1.807, 2.05) is 30.5 Å². The number of halogens is 1. The lowest BCUT2D eigenvalue weighted by Gasteiger charge is -2.43. The third kappa shape index (κ3) is 3.95. The summed E-state index contributed by atoms with van der Waals surface area (Å²) in [7, 11) is 0. The van der Waals surface area contributed by atoms with Crippen molar-refractivity contribution in [2.45, 2.75) is 32.1 Å². The first-order chi connectivity index (χ1) is 12.7. The zero-order valence-corrected chi connectivity index (χ0v) is 14.9. The van der Waals surface area contributed by atoms with Gasteiger partial charge in [-0.3, -0.25) is 9.88 Å². The lowest BCUT2D eigenvalue weighted by atomic mass is 9.77. The van der Waals surface area contributed by atoms with E-state index in [9.17, 15) is 4.39 Å². The van der Waals surface area contributed by atoms with Crippen molar-refractivity contribution >= 4 is 0 Å². The Morgan fingerprint density at radius 2 is 2.12 bits per heavy atom. The van der Waals surface area contributed by atoms with Crippen molar-refractivity contribution in [2.75, 3.05) is 26.3 Å². The van der Waals surface area contributed by atoms with Crippen LogP contribution >= 0.6 is 0 Å². The van der Waals surface area contributed by atoms with E-state index >= 15 is 0 Å². The van der Waals surface area contributed by atoms with Gasteiger partial charge in [0.2, 0.25) is 0 Å². The molecule has 2 saturated heterocycles. The summed E-state index contributed by atoms with van der Waals surface area (Å²) in [4.78, 5) is 6.59. The van der Waals surface area contributed by atoms with E-state index in [4.69, 9.17) is 9.47 Å². The molecule has 3 heterocycles. The highest BCUT2D eigenvalue weighted by Crippen LogP contribution is 2.41.